The van der Waals surface area contributed by atoms with E-state index in [1.54, 1.807) is 0 Å². The monoisotopic (exact) mass is 688 g/mol. The van der Waals surface area contributed by atoms with Crippen molar-refractivity contribution in [3.05, 3.63) is 138 Å². The summed E-state index contributed by atoms with van der Waals surface area (Å²) >= 11 is 0. The molecule has 0 radical (unpaired) electrons. The Kier molecular flexibility index (Phi) is 6.11. The van der Waals surface area contributed by atoms with Crippen LogP contribution in [0.3, 0.4) is 0 Å². The molecule has 0 atom stereocenters. The van der Waals surface area contributed by atoms with Crippen LogP contribution in [-0.4, -0.2) is 6.85 Å². The maximum atomic E-state index is 7.16. The van der Waals surface area contributed by atoms with Gasteiger partial charge in [-0.1, -0.05) is 88.4 Å². The fraction of sp³-hybridized carbons (Fsp3) is 0.208. The van der Waals surface area contributed by atoms with Gasteiger partial charge < -0.3 is 18.5 Å². The maximum Gasteiger partial charge on any atom is 0.375 e. The molecule has 0 amide bonds. The molecule has 2 aromatic heterocycles. The number of benzene rings is 6. The largest absolute Gasteiger partial charge is 0.466 e. The molecule has 8 aromatic rings. The number of hydrogen-bond acceptors (Lipinski definition) is 4. The van der Waals surface area contributed by atoms with Gasteiger partial charge in [0, 0.05) is 44.5 Å². The van der Waals surface area contributed by atoms with Crippen molar-refractivity contribution in [1.29, 1.82) is 0 Å². The van der Waals surface area contributed by atoms with E-state index >= 15 is 0 Å². The number of furan rings is 2. The first-order valence-corrected chi connectivity index (χ1v) is 19.0. The topological polar surface area (TPSA) is 32.8 Å². The Morgan fingerprint density at radius 1 is 0.604 bits per heavy atom. The van der Waals surface area contributed by atoms with E-state index < -0.39 is 0 Å². The molecule has 11 rings (SSSR count). The Morgan fingerprint density at radius 3 is 2.02 bits per heavy atom. The minimum absolute atomic E-state index is 0.0654. The van der Waals surface area contributed by atoms with E-state index in [2.05, 4.69) is 167 Å². The normalized spacial score (nSPS) is 16.5. The van der Waals surface area contributed by atoms with Crippen LogP contribution in [0.2, 0.25) is 0 Å². The van der Waals surface area contributed by atoms with Crippen LogP contribution in [0.1, 0.15) is 62.8 Å². The van der Waals surface area contributed by atoms with Crippen LogP contribution in [-0.2, 0) is 10.8 Å². The summed E-state index contributed by atoms with van der Waals surface area (Å²) in [5.74, 6) is 0. The highest BCUT2D eigenvalue weighted by atomic mass is 16.3. The smallest absolute Gasteiger partial charge is 0.375 e. The standard InChI is InChI=1S/C48H41BN2O2/c1-28-24-33-42-36(20-21-41-43(42)31-16-10-12-18-39(31)52-41)51(30-14-8-7-9-15-30)49-44(33)38(25-28)50(45-32-17-11-13-19-40(32)53-46(45)49)37-27-35-34(26-29(37)2)47(3,4)22-23-48(35,5)6/h7-21,24-27H,22-23H2,1-6H3. The molecule has 258 valence electrons. The van der Waals surface area contributed by atoms with Gasteiger partial charge in [0.2, 0.25) is 0 Å². The summed E-state index contributed by atoms with van der Waals surface area (Å²) in [6.45, 7) is 14.0. The highest BCUT2D eigenvalue weighted by molar-refractivity contribution is 6.93. The third kappa shape index (κ3) is 4.14. The Bertz CT molecular complexity index is 2840. The number of fused-ring (bicyclic) bond motifs is 11. The molecule has 0 bridgehead atoms. The molecule has 0 fully saturated rings. The predicted octanol–water partition coefficient (Wildman–Crippen LogP) is 12.0. The average Bonchev–Trinajstić information content (AvgIpc) is 3.73. The van der Waals surface area contributed by atoms with E-state index in [4.69, 9.17) is 8.83 Å². The van der Waals surface area contributed by atoms with Gasteiger partial charge in [-0.05, 0) is 125 Å². The van der Waals surface area contributed by atoms with Crippen molar-refractivity contribution >= 4 is 79.3 Å². The van der Waals surface area contributed by atoms with Crippen LogP contribution in [0.4, 0.5) is 28.4 Å². The second kappa shape index (κ2) is 10.5. The molecule has 1 aliphatic carbocycles. The second-order valence-corrected chi connectivity index (χ2v) is 16.9. The third-order valence-electron chi connectivity index (χ3n) is 12.6. The van der Waals surface area contributed by atoms with Crippen molar-refractivity contribution in [2.24, 2.45) is 0 Å². The van der Waals surface area contributed by atoms with Gasteiger partial charge in [-0.25, -0.2) is 0 Å². The Morgan fingerprint density at radius 2 is 1.26 bits per heavy atom. The van der Waals surface area contributed by atoms with Gasteiger partial charge in [0.1, 0.15) is 22.4 Å². The highest BCUT2D eigenvalue weighted by Crippen LogP contribution is 2.54. The molecule has 4 nitrogen and oxygen atoms in total. The fourth-order valence-corrected chi connectivity index (χ4v) is 9.92. The average molecular weight is 689 g/mol. The number of hydrogen-bond donors (Lipinski definition) is 0. The molecule has 0 N–H and O–H groups in total. The first-order valence-electron chi connectivity index (χ1n) is 19.0. The van der Waals surface area contributed by atoms with Gasteiger partial charge in [0.15, 0.2) is 0 Å². The first-order chi connectivity index (χ1) is 25.6. The van der Waals surface area contributed by atoms with Crippen molar-refractivity contribution < 1.29 is 8.83 Å². The lowest BCUT2D eigenvalue weighted by Gasteiger charge is -2.45. The van der Waals surface area contributed by atoms with E-state index in [1.165, 1.54) is 56.6 Å². The summed E-state index contributed by atoms with van der Waals surface area (Å²) in [5.41, 5.74) is 18.8. The number of anilines is 5. The minimum Gasteiger partial charge on any atom is -0.466 e. The Hall–Kier alpha value is -5.68. The summed E-state index contributed by atoms with van der Waals surface area (Å²) in [6, 6.07) is 42.1. The molecule has 6 aromatic carbocycles. The third-order valence-corrected chi connectivity index (χ3v) is 12.6. The zero-order valence-electron chi connectivity index (χ0n) is 31.2. The number of aryl methyl sites for hydroxylation is 2. The fourth-order valence-electron chi connectivity index (χ4n) is 9.92. The molecule has 5 heteroatoms. The lowest BCUT2D eigenvalue weighted by Crippen LogP contribution is -2.61. The summed E-state index contributed by atoms with van der Waals surface area (Å²) in [6.07, 6.45) is 2.35. The first kappa shape index (κ1) is 30.9. The van der Waals surface area contributed by atoms with Crippen molar-refractivity contribution in [1.82, 2.24) is 0 Å². The minimum atomic E-state index is -0.196. The quantitative estimate of drug-likeness (QED) is 0.169. The van der Waals surface area contributed by atoms with Crippen LogP contribution < -0.4 is 20.8 Å². The van der Waals surface area contributed by atoms with Gasteiger partial charge in [-0.15, -0.1) is 0 Å². The lowest BCUT2D eigenvalue weighted by atomic mass is 9.45. The molecule has 53 heavy (non-hydrogen) atoms. The van der Waals surface area contributed by atoms with Crippen molar-refractivity contribution in [3.8, 4) is 11.1 Å². The molecule has 2 aliphatic heterocycles. The molecule has 0 spiro atoms. The SMILES string of the molecule is Cc1cc2c3c(c1)N(c1cc4c(cc1C)C(C)(C)CCC4(C)C)c1c(oc4ccccc14)B3N(c1ccccc1)c1ccc3oc4ccccc4c3c1-2. The molecule has 0 saturated heterocycles. The van der Waals surface area contributed by atoms with Crippen LogP contribution >= 0.6 is 0 Å². The van der Waals surface area contributed by atoms with Gasteiger partial charge in [-0.2, -0.15) is 0 Å². The molecular formula is C48H41BN2O2. The van der Waals surface area contributed by atoms with E-state index in [0.717, 1.165) is 62.1 Å². The van der Waals surface area contributed by atoms with E-state index in [0.29, 0.717) is 0 Å². The zero-order chi connectivity index (χ0) is 36.0. The van der Waals surface area contributed by atoms with Crippen molar-refractivity contribution in [3.63, 3.8) is 0 Å². The van der Waals surface area contributed by atoms with Crippen LogP contribution in [0, 0.1) is 13.8 Å². The van der Waals surface area contributed by atoms with Crippen LogP contribution in [0.5, 0.6) is 0 Å². The lowest BCUT2D eigenvalue weighted by molar-refractivity contribution is 0.332. The summed E-state index contributed by atoms with van der Waals surface area (Å²) < 4.78 is 13.7. The highest BCUT2D eigenvalue weighted by Gasteiger charge is 2.49. The summed E-state index contributed by atoms with van der Waals surface area (Å²) in [4.78, 5) is 5.07. The van der Waals surface area contributed by atoms with E-state index in [9.17, 15) is 0 Å². The van der Waals surface area contributed by atoms with Crippen molar-refractivity contribution in [2.75, 3.05) is 9.71 Å². The molecule has 3 aliphatic rings. The van der Waals surface area contributed by atoms with Crippen molar-refractivity contribution in [2.45, 2.75) is 65.2 Å². The maximum absolute atomic E-state index is 7.16. The van der Waals surface area contributed by atoms with Crippen LogP contribution in [0.15, 0.2) is 124 Å². The molecule has 4 heterocycles. The zero-order valence-corrected chi connectivity index (χ0v) is 31.2. The van der Waals surface area contributed by atoms with Gasteiger partial charge >= 0.3 is 6.85 Å². The van der Waals surface area contributed by atoms with Gasteiger partial charge in [0.05, 0.1) is 5.69 Å². The molecular weight excluding hydrogens is 647 g/mol. The van der Waals surface area contributed by atoms with E-state index in [-0.39, 0.29) is 17.7 Å². The number of rotatable bonds is 2. The molecule has 0 unspecified atom stereocenters. The predicted molar refractivity (Wildman–Crippen MR) is 222 cm³/mol. The summed E-state index contributed by atoms with van der Waals surface area (Å²) in [7, 11) is 0. The number of nitrogens with zero attached hydrogens (tertiary/aromatic N) is 2. The summed E-state index contributed by atoms with van der Waals surface area (Å²) in [5, 5.41) is 3.41. The second-order valence-electron chi connectivity index (χ2n) is 16.9. The Balaban J connectivity index is 1.30. The van der Waals surface area contributed by atoms with E-state index in [1.807, 2.05) is 0 Å². The Labute approximate surface area is 310 Å². The van der Waals surface area contributed by atoms with Gasteiger partial charge in [-0.3, -0.25) is 0 Å². The number of para-hydroxylation sites is 3. The van der Waals surface area contributed by atoms with Crippen LogP contribution in [0.25, 0.3) is 44.0 Å². The molecule has 0 saturated carbocycles. The van der Waals surface area contributed by atoms with Gasteiger partial charge in [0.25, 0.3) is 0 Å².